The van der Waals surface area contributed by atoms with Crippen molar-refractivity contribution < 1.29 is 23.8 Å². The minimum Gasteiger partial charge on any atom is -0.481 e. The topological polar surface area (TPSA) is 66.8 Å². The predicted octanol–water partition coefficient (Wildman–Crippen LogP) is 2.44. The number of carboxylic acids is 1. The molecule has 0 radical (unpaired) electrons. The largest absolute Gasteiger partial charge is 0.481 e. The van der Waals surface area contributed by atoms with E-state index in [2.05, 4.69) is 0 Å². The summed E-state index contributed by atoms with van der Waals surface area (Å²) in [7, 11) is 0. The Labute approximate surface area is 152 Å². The molecule has 1 aromatic rings. The molecule has 1 aliphatic carbocycles. The van der Waals surface area contributed by atoms with Crippen molar-refractivity contribution >= 4 is 11.9 Å². The Morgan fingerprint density at radius 1 is 1.19 bits per heavy atom. The maximum atomic E-state index is 13.8. The molecule has 0 unspecified atom stereocenters. The summed E-state index contributed by atoms with van der Waals surface area (Å²) in [5.74, 6) is -1.27. The van der Waals surface area contributed by atoms with E-state index in [4.69, 9.17) is 4.74 Å². The van der Waals surface area contributed by atoms with Gasteiger partial charge in [-0.05, 0) is 55.2 Å². The van der Waals surface area contributed by atoms with Crippen LogP contribution in [-0.4, -0.2) is 48.2 Å². The van der Waals surface area contributed by atoms with E-state index in [1.54, 1.807) is 17.0 Å². The maximum absolute atomic E-state index is 13.8. The number of amides is 1. The molecule has 2 saturated heterocycles. The summed E-state index contributed by atoms with van der Waals surface area (Å²) in [6, 6.07) is 6.24. The molecular weight excluding hydrogens is 337 g/mol. The monoisotopic (exact) mass is 361 g/mol. The first-order valence-corrected chi connectivity index (χ1v) is 9.37. The second kappa shape index (κ2) is 6.65. The minimum absolute atomic E-state index is 0.0425. The molecule has 4 rings (SSSR count). The second-order valence-electron chi connectivity index (χ2n) is 7.86. The molecule has 1 amide bonds. The van der Waals surface area contributed by atoms with Gasteiger partial charge in [0.2, 0.25) is 5.91 Å². The van der Waals surface area contributed by atoms with Crippen LogP contribution >= 0.6 is 0 Å². The predicted molar refractivity (Wildman–Crippen MR) is 92.1 cm³/mol. The van der Waals surface area contributed by atoms with Gasteiger partial charge in [-0.3, -0.25) is 9.59 Å². The zero-order chi connectivity index (χ0) is 18.3. The normalized spacial score (nSPS) is 28.1. The van der Waals surface area contributed by atoms with Crippen LogP contribution < -0.4 is 0 Å². The molecule has 1 N–H and O–H groups in total. The van der Waals surface area contributed by atoms with Crippen LogP contribution in [0.25, 0.3) is 0 Å². The molecule has 3 aliphatic rings. The first-order chi connectivity index (χ1) is 12.5. The standard InChI is InChI=1S/C20H24FNO4/c21-15-3-1-2-14(10-15)20(6-8-26-9-7-20)19(25)22-11-16(13-4-5-13)17(12-22)18(23)24/h1-3,10,13,16-17H,4-9,11-12H2,(H,23,24)/t16-,17+/m1/s1. The molecule has 0 aromatic heterocycles. The van der Waals surface area contributed by atoms with E-state index >= 15 is 0 Å². The van der Waals surface area contributed by atoms with Gasteiger partial charge in [-0.15, -0.1) is 0 Å². The average Bonchev–Trinajstić information content (AvgIpc) is 3.39. The van der Waals surface area contributed by atoms with Crippen molar-refractivity contribution in [3.05, 3.63) is 35.6 Å². The van der Waals surface area contributed by atoms with E-state index in [0.717, 1.165) is 12.8 Å². The van der Waals surface area contributed by atoms with Crippen molar-refractivity contribution in [1.82, 2.24) is 4.90 Å². The third kappa shape index (κ3) is 3.00. The smallest absolute Gasteiger partial charge is 0.308 e. The maximum Gasteiger partial charge on any atom is 0.308 e. The van der Waals surface area contributed by atoms with Crippen molar-refractivity contribution in [2.24, 2.45) is 17.8 Å². The molecule has 26 heavy (non-hydrogen) atoms. The van der Waals surface area contributed by atoms with Crippen molar-refractivity contribution in [3.63, 3.8) is 0 Å². The third-order valence-electron chi connectivity index (χ3n) is 6.33. The number of likely N-dealkylation sites (tertiary alicyclic amines) is 1. The summed E-state index contributed by atoms with van der Waals surface area (Å²) in [4.78, 5) is 26.9. The molecule has 3 fully saturated rings. The van der Waals surface area contributed by atoms with Gasteiger partial charge in [0.05, 0.1) is 11.3 Å². The fourth-order valence-corrected chi connectivity index (χ4v) is 4.69. The van der Waals surface area contributed by atoms with Gasteiger partial charge >= 0.3 is 5.97 Å². The SMILES string of the molecule is O=C(O)[C@H]1CN(C(=O)C2(c3cccc(F)c3)CCOCC2)C[C@@H]1C1CC1. The number of halogens is 1. The zero-order valence-corrected chi connectivity index (χ0v) is 14.7. The number of benzene rings is 1. The van der Waals surface area contributed by atoms with Gasteiger partial charge in [-0.2, -0.15) is 0 Å². The Morgan fingerprint density at radius 3 is 2.54 bits per heavy atom. The molecule has 2 heterocycles. The molecule has 6 heteroatoms. The average molecular weight is 361 g/mol. The first kappa shape index (κ1) is 17.5. The van der Waals surface area contributed by atoms with Gasteiger partial charge in [0.15, 0.2) is 0 Å². The van der Waals surface area contributed by atoms with Crippen LogP contribution in [-0.2, 0) is 19.7 Å². The number of carbonyl (C=O) groups is 2. The Morgan fingerprint density at radius 2 is 1.92 bits per heavy atom. The highest BCUT2D eigenvalue weighted by Crippen LogP contribution is 2.46. The number of nitrogens with zero attached hydrogens (tertiary/aromatic N) is 1. The highest BCUT2D eigenvalue weighted by Gasteiger charge is 2.51. The van der Waals surface area contributed by atoms with Crippen LogP contribution in [0.3, 0.4) is 0 Å². The number of rotatable bonds is 4. The molecule has 2 atom stereocenters. The van der Waals surface area contributed by atoms with Crippen LogP contribution in [0, 0.1) is 23.6 Å². The van der Waals surface area contributed by atoms with Gasteiger partial charge in [0.25, 0.3) is 0 Å². The Kier molecular flexibility index (Phi) is 4.47. The van der Waals surface area contributed by atoms with Gasteiger partial charge in [-0.25, -0.2) is 4.39 Å². The Hall–Kier alpha value is -1.95. The van der Waals surface area contributed by atoms with Gasteiger partial charge in [0.1, 0.15) is 5.82 Å². The lowest BCUT2D eigenvalue weighted by atomic mass is 9.73. The van der Waals surface area contributed by atoms with Crippen molar-refractivity contribution in [2.45, 2.75) is 31.1 Å². The summed E-state index contributed by atoms with van der Waals surface area (Å²) >= 11 is 0. The lowest BCUT2D eigenvalue weighted by Crippen LogP contribution is -2.49. The Balaban J connectivity index is 1.64. The number of hydrogen-bond acceptors (Lipinski definition) is 3. The summed E-state index contributed by atoms with van der Waals surface area (Å²) < 4.78 is 19.3. The lowest BCUT2D eigenvalue weighted by Gasteiger charge is -2.39. The van der Waals surface area contributed by atoms with E-state index in [9.17, 15) is 19.1 Å². The fraction of sp³-hybridized carbons (Fsp3) is 0.600. The van der Waals surface area contributed by atoms with Crippen molar-refractivity contribution in [3.8, 4) is 0 Å². The number of carboxylic acid groups (broad SMARTS) is 1. The quantitative estimate of drug-likeness (QED) is 0.895. The molecule has 2 aliphatic heterocycles. The zero-order valence-electron chi connectivity index (χ0n) is 14.7. The highest BCUT2D eigenvalue weighted by atomic mass is 19.1. The van der Waals surface area contributed by atoms with Crippen molar-refractivity contribution in [1.29, 1.82) is 0 Å². The second-order valence-corrected chi connectivity index (χ2v) is 7.86. The fourth-order valence-electron chi connectivity index (χ4n) is 4.69. The van der Waals surface area contributed by atoms with E-state index < -0.39 is 17.3 Å². The van der Waals surface area contributed by atoms with Crippen molar-refractivity contribution in [2.75, 3.05) is 26.3 Å². The summed E-state index contributed by atoms with van der Waals surface area (Å²) in [5.41, 5.74) is -0.144. The summed E-state index contributed by atoms with van der Waals surface area (Å²) in [6.07, 6.45) is 3.11. The van der Waals surface area contributed by atoms with E-state index in [1.807, 2.05) is 0 Å². The molecule has 1 aromatic carbocycles. The molecule has 5 nitrogen and oxygen atoms in total. The summed E-state index contributed by atoms with van der Waals surface area (Å²) in [5, 5.41) is 9.58. The van der Waals surface area contributed by atoms with Crippen LogP contribution in [0.2, 0.25) is 0 Å². The number of carbonyl (C=O) groups excluding carboxylic acids is 1. The molecule has 0 bridgehead atoms. The highest BCUT2D eigenvalue weighted by molar-refractivity contribution is 5.89. The minimum atomic E-state index is -0.818. The lowest BCUT2D eigenvalue weighted by molar-refractivity contribution is -0.143. The molecule has 1 saturated carbocycles. The Bertz CT molecular complexity index is 712. The van der Waals surface area contributed by atoms with Crippen LogP contribution in [0.5, 0.6) is 0 Å². The van der Waals surface area contributed by atoms with E-state index in [0.29, 0.717) is 44.1 Å². The molecule has 0 spiro atoms. The third-order valence-corrected chi connectivity index (χ3v) is 6.33. The number of ether oxygens (including phenoxy) is 1. The van der Waals surface area contributed by atoms with Gasteiger partial charge in [-0.1, -0.05) is 12.1 Å². The van der Waals surface area contributed by atoms with Crippen LogP contribution in [0.4, 0.5) is 4.39 Å². The van der Waals surface area contributed by atoms with Gasteiger partial charge < -0.3 is 14.7 Å². The number of aliphatic carboxylic acids is 1. The number of hydrogen-bond donors (Lipinski definition) is 1. The van der Waals surface area contributed by atoms with E-state index in [1.165, 1.54) is 12.1 Å². The molecule has 140 valence electrons. The van der Waals surface area contributed by atoms with E-state index in [-0.39, 0.29) is 24.2 Å². The van der Waals surface area contributed by atoms with Gasteiger partial charge in [0, 0.05) is 26.3 Å². The van der Waals surface area contributed by atoms with Crippen LogP contribution in [0.15, 0.2) is 24.3 Å². The first-order valence-electron chi connectivity index (χ1n) is 9.37. The molecular formula is C20H24FNO4. The van der Waals surface area contributed by atoms with Crippen LogP contribution in [0.1, 0.15) is 31.2 Å². The summed E-state index contributed by atoms with van der Waals surface area (Å²) in [6.45, 7) is 1.65.